The molecule has 1 saturated carbocycles. The van der Waals surface area contributed by atoms with Gasteiger partial charge >= 0.3 is 0 Å². The van der Waals surface area contributed by atoms with Crippen molar-refractivity contribution in [3.8, 4) is 0 Å². The zero-order valence-corrected chi connectivity index (χ0v) is 9.84. The molecule has 0 heterocycles. The molecule has 0 amide bonds. The lowest BCUT2D eigenvalue weighted by Gasteiger charge is -2.24. The summed E-state index contributed by atoms with van der Waals surface area (Å²) in [5.41, 5.74) is 0. The molecule has 1 nitrogen and oxygen atoms in total. The van der Waals surface area contributed by atoms with Crippen molar-refractivity contribution < 1.29 is 0 Å². The van der Waals surface area contributed by atoms with Gasteiger partial charge < -0.3 is 0 Å². The summed E-state index contributed by atoms with van der Waals surface area (Å²) in [7, 11) is 0. The molecule has 66 valence electrons. The first-order valence-corrected chi connectivity index (χ1v) is 5.81. The van der Waals surface area contributed by atoms with Gasteiger partial charge in [0.25, 0.3) is 0 Å². The third-order valence-electron chi connectivity index (χ3n) is 2.43. The summed E-state index contributed by atoms with van der Waals surface area (Å²) in [6.45, 7) is 8.19. The molecule has 1 rings (SSSR count). The lowest BCUT2D eigenvalue weighted by molar-refractivity contribution is 0.256. The Bertz CT molecular complexity index is 125. The van der Waals surface area contributed by atoms with E-state index in [9.17, 15) is 0 Å². The standard InChI is InChI=1S/C9H18IN/c1-4-5-11(8(3)10)9-6-7(9)2/h7-9H,4-6H2,1-3H3. The highest BCUT2D eigenvalue weighted by Crippen LogP contribution is 2.37. The molecule has 0 aromatic carbocycles. The van der Waals surface area contributed by atoms with Gasteiger partial charge in [-0.25, -0.2) is 0 Å². The summed E-state index contributed by atoms with van der Waals surface area (Å²) in [5, 5.41) is 0. The van der Waals surface area contributed by atoms with Gasteiger partial charge in [-0.15, -0.1) is 0 Å². The highest BCUT2D eigenvalue weighted by atomic mass is 127. The predicted molar refractivity (Wildman–Crippen MR) is 58.0 cm³/mol. The van der Waals surface area contributed by atoms with Crippen LogP contribution in [-0.2, 0) is 0 Å². The first-order chi connectivity index (χ1) is 5.16. The van der Waals surface area contributed by atoms with E-state index in [0.717, 1.165) is 12.0 Å². The van der Waals surface area contributed by atoms with Crippen molar-refractivity contribution in [1.82, 2.24) is 4.90 Å². The van der Waals surface area contributed by atoms with Crippen LogP contribution in [0.1, 0.15) is 33.6 Å². The fourth-order valence-electron chi connectivity index (χ4n) is 1.63. The third-order valence-corrected chi connectivity index (χ3v) is 3.15. The predicted octanol–water partition coefficient (Wildman–Crippen LogP) is 2.89. The average Bonchev–Trinajstić information content (AvgIpc) is 2.61. The number of nitrogens with zero attached hydrogens (tertiary/aromatic N) is 1. The van der Waals surface area contributed by atoms with E-state index in [1.54, 1.807) is 0 Å². The van der Waals surface area contributed by atoms with E-state index >= 15 is 0 Å². The second-order valence-electron chi connectivity index (χ2n) is 3.59. The van der Waals surface area contributed by atoms with E-state index in [-0.39, 0.29) is 0 Å². The average molecular weight is 267 g/mol. The van der Waals surface area contributed by atoms with Crippen molar-refractivity contribution in [1.29, 1.82) is 0 Å². The van der Waals surface area contributed by atoms with E-state index < -0.39 is 0 Å². The lowest BCUT2D eigenvalue weighted by Crippen LogP contribution is -2.32. The summed E-state index contributed by atoms with van der Waals surface area (Å²) >= 11 is 2.52. The molecule has 0 spiro atoms. The minimum Gasteiger partial charge on any atom is -0.289 e. The third kappa shape index (κ3) is 2.58. The molecule has 0 aromatic heterocycles. The van der Waals surface area contributed by atoms with Gasteiger partial charge in [-0.2, -0.15) is 0 Å². The summed E-state index contributed by atoms with van der Waals surface area (Å²) in [6.07, 6.45) is 2.71. The molecule has 1 aliphatic carbocycles. The number of hydrogen-bond acceptors (Lipinski definition) is 1. The minimum absolute atomic E-state index is 0.711. The molecule has 3 atom stereocenters. The highest BCUT2D eigenvalue weighted by Gasteiger charge is 2.38. The summed E-state index contributed by atoms with van der Waals surface area (Å²) < 4.78 is 0.711. The van der Waals surface area contributed by atoms with Gasteiger partial charge in [-0.05, 0) is 32.2 Å². The summed E-state index contributed by atoms with van der Waals surface area (Å²) in [4.78, 5) is 2.63. The number of halogens is 1. The lowest BCUT2D eigenvalue weighted by atomic mass is 10.3. The summed E-state index contributed by atoms with van der Waals surface area (Å²) in [5.74, 6) is 0.957. The SMILES string of the molecule is CCCN(C(C)I)C1CC1C. The molecule has 0 aromatic rings. The molecule has 0 radical (unpaired) electrons. The monoisotopic (exact) mass is 267 g/mol. The molecular weight excluding hydrogens is 249 g/mol. The van der Waals surface area contributed by atoms with Crippen molar-refractivity contribution in [3.63, 3.8) is 0 Å². The first-order valence-electron chi connectivity index (χ1n) is 4.56. The Morgan fingerprint density at radius 1 is 1.64 bits per heavy atom. The van der Waals surface area contributed by atoms with E-state index in [4.69, 9.17) is 0 Å². The second-order valence-corrected chi connectivity index (χ2v) is 5.39. The van der Waals surface area contributed by atoms with Crippen molar-refractivity contribution >= 4 is 22.6 Å². The quantitative estimate of drug-likeness (QED) is 0.430. The van der Waals surface area contributed by atoms with Crippen LogP contribution in [0.5, 0.6) is 0 Å². The fourth-order valence-corrected chi connectivity index (χ4v) is 2.32. The van der Waals surface area contributed by atoms with Crippen molar-refractivity contribution in [2.24, 2.45) is 5.92 Å². The van der Waals surface area contributed by atoms with Crippen LogP contribution in [0, 0.1) is 5.92 Å². The Morgan fingerprint density at radius 3 is 2.45 bits per heavy atom. The molecule has 0 aliphatic heterocycles. The normalized spacial score (nSPS) is 32.5. The maximum absolute atomic E-state index is 2.63. The molecule has 0 N–H and O–H groups in total. The Hall–Kier alpha value is 0.690. The van der Waals surface area contributed by atoms with E-state index in [2.05, 4.69) is 48.3 Å². The van der Waals surface area contributed by atoms with Gasteiger partial charge in [0.1, 0.15) is 0 Å². The maximum Gasteiger partial charge on any atom is 0.0592 e. The Morgan fingerprint density at radius 2 is 2.18 bits per heavy atom. The largest absolute Gasteiger partial charge is 0.289 e. The molecule has 1 fully saturated rings. The molecule has 3 unspecified atom stereocenters. The summed E-state index contributed by atoms with van der Waals surface area (Å²) in [6, 6.07) is 0.904. The number of rotatable bonds is 4. The van der Waals surface area contributed by atoms with Crippen LogP contribution in [0.25, 0.3) is 0 Å². The van der Waals surface area contributed by atoms with E-state index in [1.165, 1.54) is 19.4 Å². The van der Waals surface area contributed by atoms with Gasteiger partial charge in [-0.1, -0.05) is 36.4 Å². The highest BCUT2D eigenvalue weighted by molar-refractivity contribution is 14.1. The zero-order valence-electron chi connectivity index (χ0n) is 7.68. The van der Waals surface area contributed by atoms with Gasteiger partial charge in [0.05, 0.1) is 4.05 Å². The minimum atomic E-state index is 0.711. The Kier molecular flexibility index (Phi) is 3.62. The molecule has 1 aliphatic rings. The molecule has 0 bridgehead atoms. The van der Waals surface area contributed by atoms with Crippen LogP contribution >= 0.6 is 22.6 Å². The van der Waals surface area contributed by atoms with Crippen molar-refractivity contribution in [2.75, 3.05) is 6.54 Å². The van der Waals surface area contributed by atoms with Crippen molar-refractivity contribution in [3.05, 3.63) is 0 Å². The second kappa shape index (κ2) is 4.08. The van der Waals surface area contributed by atoms with E-state index in [1.807, 2.05) is 0 Å². The van der Waals surface area contributed by atoms with Crippen LogP contribution in [0.3, 0.4) is 0 Å². The molecule has 0 saturated heterocycles. The molecule has 2 heteroatoms. The number of hydrogen-bond donors (Lipinski definition) is 0. The van der Waals surface area contributed by atoms with Gasteiger partial charge in [0.15, 0.2) is 0 Å². The van der Waals surface area contributed by atoms with Crippen molar-refractivity contribution in [2.45, 2.75) is 43.7 Å². The van der Waals surface area contributed by atoms with Gasteiger partial charge in [-0.3, -0.25) is 4.90 Å². The Labute approximate surface area is 83.7 Å². The molecular formula is C9H18IN. The topological polar surface area (TPSA) is 3.24 Å². The molecule has 11 heavy (non-hydrogen) atoms. The van der Waals surface area contributed by atoms with Crippen LogP contribution < -0.4 is 0 Å². The Balaban J connectivity index is 2.34. The maximum atomic E-state index is 2.63. The van der Waals surface area contributed by atoms with Crippen LogP contribution in [0.4, 0.5) is 0 Å². The number of alkyl halides is 1. The first kappa shape index (κ1) is 9.78. The fraction of sp³-hybridized carbons (Fsp3) is 1.00. The van der Waals surface area contributed by atoms with Crippen LogP contribution in [0.2, 0.25) is 0 Å². The van der Waals surface area contributed by atoms with Crippen LogP contribution in [0.15, 0.2) is 0 Å². The van der Waals surface area contributed by atoms with E-state index in [0.29, 0.717) is 4.05 Å². The van der Waals surface area contributed by atoms with Gasteiger partial charge in [0, 0.05) is 6.04 Å². The van der Waals surface area contributed by atoms with Crippen LogP contribution in [-0.4, -0.2) is 21.5 Å². The van der Waals surface area contributed by atoms with Gasteiger partial charge in [0.2, 0.25) is 0 Å². The smallest absolute Gasteiger partial charge is 0.0592 e. The zero-order chi connectivity index (χ0) is 8.43.